The van der Waals surface area contributed by atoms with Gasteiger partial charge in [-0.2, -0.15) is 0 Å². The Morgan fingerprint density at radius 2 is 2.14 bits per heavy atom. The number of benzene rings is 1. The molecule has 4 heteroatoms. The molecular weight excluding hydrogens is 264 g/mol. The molecule has 1 aromatic heterocycles. The van der Waals surface area contributed by atoms with Crippen LogP contribution in [0.1, 0.15) is 55.2 Å². The van der Waals surface area contributed by atoms with Crippen molar-refractivity contribution >= 4 is 17.0 Å². The van der Waals surface area contributed by atoms with Gasteiger partial charge in [0.25, 0.3) is 0 Å². The molecule has 1 aliphatic carbocycles. The van der Waals surface area contributed by atoms with Crippen molar-refractivity contribution in [2.75, 3.05) is 0 Å². The third-order valence-corrected chi connectivity index (χ3v) is 4.63. The van der Waals surface area contributed by atoms with E-state index in [2.05, 4.69) is 16.5 Å². The average Bonchev–Trinajstić information content (AvgIpc) is 3.11. The molecule has 3 rings (SSSR count). The van der Waals surface area contributed by atoms with E-state index in [4.69, 9.17) is 0 Å². The van der Waals surface area contributed by atoms with Crippen LogP contribution in [0.4, 0.5) is 0 Å². The van der Waals surface area contributed by atoms with Crippen molar-refractivity contribution in [2.45, 2.75) is 52.0 Å². The number of aromatic nitrogens is 2. The predicted molar refractivity (Wildman–Crippen MR) is 82.6 cm³/mol. The number of hydrogen-bond donors (Lipinski definition) is 1. The van der Waals surface area contributed by atoms with E-state index in [0.29, 0.717) is 5.56 Å². The minimum absolute atomic E-state index is 0.340. The van der Waals surface area contributed by atoms with Crippen molar-refractivity contribution in [3.8, 4) is 0 Å². The fraction of sp³-hybridized carbons (Fsp3) is 0.529. The van der Waals surface area contributed by atoms with E-state index >= 15 is 0 Å². The third kappa shape index (κ3) is 2.80. The Labute approximate surface area is 124 Å². The molecule has 1 N–H and O–H groups in total. The number of carboxylic acids is 1. The minimum atomic E-state index is -0.876. The molecule has 0 bridgehead atoms. The normalized spacial score (nSPS) is 15.9. The van der Waals surface area contributed by atoms with E-state index in [1.165, 1.54) is 32.1 Å². The maximum absolute atomic E-state index is 11.2. The second-order valence-electron chi connectivity index (χ2n) is 5.98. The monoisotopic (exact) mass is 286 g/mol. The highest BCUT2D eigenvalue weighted by Crippen LogP contribution is 2.29. The number of imidazole rings is 1. The summed E-state index contributed by atoms with van der Waals surface area (Å²) in [7, 11) is 0. The van der Waals surface area contributed by atoms with Crippen molar-refractivity contribution < 1.29 is 9.90 Å². The first kappa shape index (κ1) is 14.1. The number of carbonyl (C=O) groups is 1. The number of fused-ring (bicyclic) bond motifs is 1. The SMILES string of the molecule is CCc1nc2ccc(C(=O)O)cc2n1CCC1CCCC1. The number of aromatic carboxylic acids is 1. The lowest BCUT2D eigenvalue weighted by Gasteiger charge is -2.12. The van der Waals surface area contributed by atoms with E-state index in [-0.39, 0.29) is 0 Å². The molecule has 2 aromatic rings. The Bertz CT molecular complexity index is 654. The zero-order valence-corrected chi connectivity index (χ0v) is 12.5. The quantitative estimate of drug-likeness (QED) is 0.907. The van der Waals surface area contributed by atoms with Gasteiger partial charge < -0.3 is 9.67 Å². The highest BCUT2D eigenvalue weighted by Gasteiger charge is 2.17. The van der Waals surface area contributed by atoms with Gasteiger partial charge in [-0.25, -0.2) is 9.78 Å². The molecule has 1 saturated carbocycles. The Morgan fingerprint density at radius 3 is 2.81 bits per heavy atom. The molecule has 0 spiro atoms. The fourth-order valence-electron chi connectivity index (χ4n) is 3.44. The molecule has 112 valence electrons. The van der Waals surface area contributed by atoms with Gasteiger partial charge in [0.05, 0.1) is 16.6 Å². The van der Waals surface area contributed by atoms with Gasteiger partial charge in [0, 0.05) is 13.0 Å². The van der Waals surface area contributed by atoms with E-state index in [1.807, 2.05) is 6.07 Å². The molecule has 1 aliphatic rings. The molecule has 0 radical (unpaired) electrons. The van der Waals surface area contributed by atoms with Crippen LogP contribution in [0.3, 0.4) is 0 Å². The maximum atomic E-state index is 11.2. The first-order valence-corrected chi connectivity index (χ1v) is 7.91. The Kier molecular flexibility index (Phi) is 3.95. The van der Waals surface area contributed by atoms with Crippen molar-refractivity contribution in [3.63, 3.8) is 0 Å². The zero-order chi connectivity index (χ0) is 14.8. The summed E-state index contributed by atoms with van der Waals surface area (Å²) < 4.78 is 2.22. The van der Waals surface area contributed by atoms with Crippen LogP contribution in [0.15, 0.2) is 18.2 Å². The van der Waals surface area contributed by atoms with Gasteiger partial charge in [0.2, 0.25) is 0 Å². The summed E-state index contributed by atoms with van der Waals surface area (Å²) in [5.41, 5.74) is 2.21. The maximum Gasteiger partial charge on any atom is 0.335 e. The first-order chi connectivity index (χ1) is 10.2. The molecule has 0 unspecified atom stereocenters. The van der Waals surface area contributed by atoms with E-state index in [1.54, 1.807) is 12.1 Å². The smallest absolute Gasteiger partial charge is 0.335 e. The summed E-state index contributed by atoms with van der Waals surface area (Å²) in [6.07, 6.45) is 7.46. The van der Waals surface area contributed by atoms with Crippen LogP contribution in [0, 0.1) is 5.92 Å². The molecule has 1 aromatic carbocycles. The second-order valence-corrected chi connectivity index (χ2v) is 5.98. The number of aryl methyl sites for hydroxylation is 2. The second kappa shape index (κ2) is 5.88. The average molecular weight is 286 g/mol. The third-order valence-electron chi connectivity index (χ3n) is 4.63. The largest absolute Gasteiger partial charge is 0.478 e. The predicted octanol–water partition coefficient (Wildman–Crippen LogP) is 3.88. The Balaban J connectivity index is 1.92. The van der Waals surface area contributed by atoms with Crippen molar-refractivity contribution in [3.05, 3.63) is 29.6 Å². The van der Waals surface area contributed by atoms with Crippen molar-refractivity contribution in [1.82, 2.24) is 9.55 Å². The van der Waals surface area contributed by atoms with Crippen LogP contribution in [0.5, 0.6) is 0 Å². The van der Waals surface area contributed by atoms with Gasteiger partial charge in [-0.15, -0.1) is 0 Å². The van der Waals surface area contributed by atoms with Gasteiger partial charge >= 0.3 is 5.97 Å². The molecule has 0 atom stereocenters. The van der Waals surface area contributed by atoms with Gasteiger partial charge in [-0.05, 0) is 30.5 Å². The van der Waals surface area contributed by atoms with Gasteiger partial charge in [-0.1, -0.05) is 32.6 Å². The van der Waals surface area contributed by atoms with Crippen LogP contribution >= 0.6 is 0 Å². The molecular formula is C17H22N2O2. The molecule has 4 nitrogen and oxygen atoms in total. The summed E-state index contributed by atoms with van der Waals surface area (Å²) >= 11 is 0. The lowest BCUT2D eigenvalue weighted by molar-refractivity contribution is 0.0697. The van der Waals surface area contributed by atoms with E-state index in [9.17, 15) is 9.90 Å². The van der Waals surface area contributed by atoms with E-state index < -0.39 is 5.97 Å². The minimum Gasteiger partial charge on any atom is -0.478 e. The summed E-state index contributed by atoms with van der Waals surface area (Å²) in [5.74, 6) is 1.01. The molecule has 0 amide bonds. The number of rotatable bonds is 5. The number of carboxylic acid groups (broad SMARTS) is 1. The molecule has 0 aliphatic heterocycles. The van der Waals surface area contributed by atoms with Crippen LogP contribution in [0.2, 0.25) is 0 Å². The van der Waals surface area contributed by atoms with Crippen LogP contribution in [-0.2, 0) is 13.0 Å². The molecule has 1 heterocycles. The molecule has 1 fully saturated rings. The number of hydrogen-bond acceptors (Lipinski definition) is 2. The number of nitrogens with zero attached hydrogens (tertiary/aromatic N) is 2. The summed E-state index contributed by atoms with van der Waals surface area (Å²) in [4.78, 5) is 15.8. The fourth-order valence-corrected chi connectivity index (χ4v) is 3.44. The van der Waals surface area contributed by atoms with Gasteiger partial charge in [-0.3, -0.25) is 0 Å². The van der Waals surface area contributed by atoms with Gasteiger partial charge in [0.1, 0.15) is 5.82 Å². The molecule has 0 saturated heterocycles. The van der Waals surface area contributed by atoms with Crippen molar-refractivity contribution in [1.29, 1.82) is 0 Å². The topological polar surface area (TPSA) is 55.1 Å². The Morgan fingerprint density at radius 1 is 1.38 bits per heavy atom. The molecule has 21 heavy (non-hydrogen) atoms. The highest BCUT2D eigenvalue weighted by atomic mass is 16.4. The summed E-state index contributed by atoms with van der Waals surface area (Å²) in [6.45, 7) is 3.05. The highest BCUT2D eigenvalue weighted by molar-refractivity contribution is 5.92. The lowest BCUT2D eigenvalue weighted by atomic mass is 10.0. The van der Waals surface area contributed by atoms with Crippen LogP contribution < -0.4 is 0 Å². The standard InChI is InChI=1S/C17H22N2O2/c1-2-16-18-14-8-7-13(17(20)21)11-15(14)19(16)10-9-12-5-3-4-6-12/h7-8,11-12H,2-6,9-10H2,1H3,(H,20,21). The summed E-state index contributed by atoms with van der Waals surface area (Å²) in [5, 5.41) is 9.17. The summed E-state index contributed by atoms with van der Waals surface area (Å²) in [6, 6.07) is 5.22. The Hall–Kier alpha value is -1.84. The van der Waals surface area contributed by atoms with Crippen molar-refractivity contribution in [2.24, 2.45) is 5.92 Å². The van der Waals surface area contributed by atoms with E-state index in [0.717, 1.165) is 35.7 Å². The zero-order valence-electron chi connectivity index (χ0n) is 12.5. The first-order valence-electron chi connectivity index (χ1n) is 7.91. The van der Waals surface area contributed by atoms with Crippen LogP contribution in [-0.4, -0.2) is 20.6 Å². The van der Waals surface area contributed by atoms with Gasteiger partial charge in [0.15, 0.2) is 0 Å². The van der Waals surface area contributed by atoms with Crippen LogP contribution in [0.25, 0.3) is 11.0 Å². The lowest BCUT2D eigenvalue weighted by Crippen LogP contribution is -2.07.